The van der Waals surface area contributed by atoms with Gasteiger partial charge in [0.15, 0.2) is 18.3 Å². The van der Waals surface area contributed by atoms with Crippen LogP contribution in [0.2, 0.25) is 0 Å². The SMILES string of the molecule is CC(=O)OC[C@H]1O[C@@H](OP(=O)(Oc2ccccc2)Oc2ccccc2)[C@H](OC(C)=O)[C@@H](OC(C)=O)[C@H]1OC(C)=O. The zero-order valence-electron chi connectivity index (χ0n) is 22.1. The van der Waals surface area contributed by atoms with Gasteiger partial charge in [-0.25, -0.2) is 9.09 Å². The number of esters is 4. The van der Waals surface area contributed by atoms with Gasteiger partial charge in [-0.3, -0.25) is 19.2 Å². The lowest BCUT2D eigenvalue weighted by atomic mass is 9.98. The summed E-state index contributed by atoms with van der Waals surface area (Å²) in [5.74, 6) is -2.98. The Morgan fingerprint density at radius 3 is 1.57 bits per heavy atom. The van der Waals surface area contributed by atoms with Gasteiger partial charge in [-0.1, -0.05) is 36.4 Å². The first-order chi connectivity index (χ1) is 19.0. The second kappa shape index (κ2) is 13.9. The van der Waals surface area contributed by atoms with Gasteiger partial charge in [-0.05, 0) is 24.3 Å². The maximum Gasteiger partial charge on any atom is 0.590 e. The van der Waals surface area contributed by atoms with E-state index in [9.17, 15) is 23.7 Å². The summed E-state index contributed by atoms with van der Waals surface area (Å²) in [6, 6.07) is 15.9. The van der Waals surface area contributed by atoms with E-state index < -0.39 is 69.0 Å². The molecule has 2 aromatic rings. The summed E-state index contributed by atoms with van der Waals surface area (Å²) in [4.78, 5) is 47.6. The van der Waals surface area contributed by atoms with Gasteiger partial charge in [0.25, 0.3) is 0 Å². The van der Waals surface area contributed by atoms with Crippen molar-refractivity contribution in [3.63, 3.8) is 0 Å². The van der Waals surface area contributed by atoms with Crippen molar-refractivity contribution in [3.05, 3.63) is 60.7 Å². The first-order valence-corrected chi connectivity index (χ1v) is 13.5. The third kappa shape index (κ3) is 9.08. The minimum Gasteiger partial charge on any atom is -0.463 e. The fourth-order valence-corrected chi connectivity index (χ4v) is 4.99. The van der Waals surface area contributed by atoms with E-state index in [0.717, 1.165) is 27.7 Å². The molecule has 0 unspecified atom stereocenters. The molecule has 5 atom stereocenters. The average molecular weight is 580 g/mol. The number of hydrogen-bond donors (Lipinski definition) is 0. The van der Waals surface area contributed by atoms with Crippen molar-refractivity contribution < 1.29 is 61.0 Å². The fourth-order valence-electron chi connectivity index (χ4n) is 3.68. The van der Waals surface area contributed by atoms with Crippen LogP contribution in [0.1, 0.15) is 27.7 Å². The van der Waals surface area contributed by atoms with E-state index in [-0.39, 0.29) is 11.5 Å². The van der Waals surface area contributed by atoms with Crippen LogP contribution in [-0.4, -0.2) is 61.2 Å². The lowest BCUT2D eigenvalue weighted by Crippen LogP contribution is -2.62. The molecule has 1 fully saturated rings. The smallest absolute Gasteiger partial charge is 0.463 e. The average Bonchev–Trinajstić information content (AvgIpc) is 2.86. The van der Waals surface area contributed by atoms with Crippen LogP contribution in [0.4, 0.5) is 0 Å². The topological polar surface area (TPSA) is 159 Å². The van der Waals surface area contributed by atoms with E-state index in [1.54, 1.807) is 36.4 Å². The maximum absolute atomic E-state index is 14.0. The monoisotopic (exact) mass is 580 g/mol. The molecule has 1 saturated heterocycles. The van der Waals surface area contributed by atoms with Crippen LogP contribution in [0, 0.1) is 0 Å². The van der Waals surface area contributed by atoms with Crippen LogP contribution >= 0.6 is 7.82 Å². The number of ether oxygens (including phenoxy) is 5. The molecule has 0 aromatic heterocycles. The quantitative estimate of drug-likeness (QED) is 0.217. The van der Waals surface area contributed by atoms with Crippen LogP contribution in [0.15, 0.2) is 60.7 Å². The molecule has 3 rings (SSSR count). The predicted octanol–water partition coefficient (Wildman–Crippen LogP) is 3.35. The molecule has 0 bridgehead atoms. The Morgan fingerprint density at radius 2 is 1.12 bits per heavy atom. The number of carbonyl (C=O) groups is 4. The number of rotatable bonds is 11. The van der Waals surface area contributed by atoms with Crippen molar-refractivity contribution in [2.75, 3.05) is 6.61 Å². The van der Waals surface area contributed by atoms with Crippen molar-refractivity contribution in [1.29, 1.82) is 0 Å². The largest absolute Gasteiger partial charge is 0.590 e. The molecule has 216 valence electrons. The zero-order chi connectivity index (χ0) is 29.3. The normalized spacial score (nSPS) is 22.4. The number of phosphoric ester groups is 1. The molecule has 40 heavy (non-hydrogen) atoms. The van der Waals surface area contributed by atoms with E-state index in [0.29, 0.717) is 0 Å². The summed E-state index contributed by atoms with van der Waals surface area (Å²) in [6.07, 6.45) is -7.71. The first-order valence-electron chi connectivity index (χ1n) is 12.0. The van der Waals surface area contributed by atoms with Crippen LogP contribution in [-0.2, 0) is 52.0 Å². The molecule has 0 N–H and O–H groups in total. The highest BCUT2D eigenvalue weighted by Gasteiger charge is 2.55. The Hall–Kier alpha value is -3.93. The van der Waals surface area contributed by atoms with Gasteiger partial charge in [0.1, 0.15) is 24.2 Å². The van der Waals surface area contributed by atoms with Gasteiger partial charge in [0, 0.05) is 27.7 Å². The lowest BCUT2D eigenvalue weighted by Gasteiger charge is -2.44. The second-order valence-corrected chi connectivity index (χ2v) is 9.90. The minimum absolute atomic E-state index is 0.104. The van der Waals surface area contributed by atoms with Crippen LogP contribution < -0.4 is 9.05 Å². The van der Waals surface area contributed by atoms with Gasteiger partial charge in [-0.2, -0.15) is 0 Å². The van der Waals surface area contributed by atoms with E-state index in [4.69, 9.17) is 37.3 Å². The summed E-state index contributed by atoms with van der Waals surface area (Å²) >= 11 is 0. The highest BCUT2D eigenvalue weighted by Crippen LogP contribution is 2.52. The van der Waals surface area contributed by atoms with Crippen molar-refractivity contribution in [2.24, 2.45) is 0 Å². The predicted molar refractivity (Wildman–Crippen MR) is 135 cm³/mol. The second-order valence-electron chi connectivity index (χ2n) is 8.43. The summed E-state index contributed by atoms with van der Waals surface area (Å²) in [5, 5.41) is 0. The Balaban J connectivity index is 2.05. The summed E-state index contributed by atoms with van der Waals surface area (Å²) in [5.41, 5.74) is 0. The molecule has 0 saturated carbocycles. The van der Waals surface area contributed by atoms with Crippen molar-refractivity contribution in [3.8, 4) is 11.5 Å². The summed E-state index contributed by atoms with van der Waals surface area (Å²) in [6.45, 7) is 3.87. The Kier molecular flexibility index (Phi) is 10.7. The van der Waals surface area contributed by atoms with Gasteiger partial charge in [0.05, 0.1) is 0 Å². The molecule has 1 aliphatic rings. The molecular formula is C26H29O13P. The van der Waals surface area contributed by atoms with Gasteiger partial charge < -0.3 is 32.7 Å². The Labute approximate surface area is 230 Å². The number of carbonyl (C=O) groups excluding carboxylic acids is 4. The Bertz CT molecular complexity index is 1170. The third-order valence-corrected chi connectivity index (χ3v) is 6.44. The van der Waals surface area contributed by atoms with Crippen LogP contribution in [0.5, 0.6) is 11.5 Å². The molecule has 1 aliphatic heterocycles. The van der Waals surface area contributed by atoms with Crippen molar-refractivity contribution in [2.45, 2.75) is 58.4 Å². The highest BCUT2D eigenvalue weighted by molar-refractivity contribution is 7.49. The van der Waals surface area contributed by atoms with Crippen molar-refractivity contribution in [1.82, 2.24) is 0 Å². The number of phosphoric acid groups is 1. The zero-order valence-corrected chi connectivity index (χ0v) is 23.0. The highest BCUT2D eigenvalue weighted by atomic mass is 31.2. The minimum atomic E-state index is -4.66. The lowest BCUT2D eigenvalue weighted by molar-refractivity contribution is -0.290. The first kappa shape index (κ1) is 30.6. The number of benzene rings is 2. The number of para-hydroxylation sites is 2. The van der Waals surface area contributed by atoms with Crippen LogP contribution in [0.25, 0.3) is 0 Å². The Morgan fingerprint density at radius 1 is 0.675 bits per heavy atom. The molecule has 2 aromatic carbocycles. The van der Waals surface area contributed by atoms with E-state index in [1.807, 2.05) is 0 Å². The van der Waals surface area contributed by atoms with E-state index >= 15 is 0 Å². The fraction of sp³-hybridized carbons (Fsp3) is 0.385. The standard InChI is InChI=1S/C26H29O13P/c1-16(27)32-15-22-23(33-17(2)28)24(34-18(3)29)25(35-19(4)30)26(36-22)39-40(31,37-20-11-7-5-8-12-20)38-21-13-9-6-10-14-21/h5-14,22-26H,15H2,1-4H3/t22-,23+,24+,25-,26+/m1/s1. The molecule has 0 amide bonds. The maximum atomic E-state index is 14.0. The van der Waals surface area contributed by atoms with Crippen molar-refractivity contribution >= 4 is 31.7 Å². The molecule has 14 heteroatoms. The van der Waals surface area contributed by atoms with Gasteiger partial charge in [0.2, 0.25) is 6.29 Å². The molecule has 0 spiro atoms. The third-order valence-electron chi connectivity index (χ3n) is 5.10. The summed E-state index contributed by atoms with van der Waals surface area (Å²) in [7, 11) is -4.66. The summed E-state index contributed by atoms with van der Waals surface area (Å²) < 4.78 is 58.0. The molecule has 0 aliphatic carbocycles. The number of hydrogen-bond acceptors (Lipinski definition) is 13. The molecular weight excluding hydrogens is 551 g/mol. The van der Waals surface area contributed by atoms with Crippen LogP contribution in [0.3, 0.4) is 0 Å². The molecule has 1 heterocycles. The van der Waals surface area contributed by atoms with E-state index in [1.165, 1.54) is 24.3 Å². The van der Waals surface area contributed by atoms with Gasteiger partial charge in [-0.15, -0.1) is 0 Å². The molecule has 0 radical (unpaired) electrons. The van der Waals surface area contributed by atoms with Gasteiger partial charge >= 0.3 is 31.7 Å². The van der Waals surface area contributed by atoms with E-state index in [2.05, 4.69) is 0 Å². The molecule has 13 nitrogen and oxygen atoms in total.